The number of aliphatic hydroxyl groups is 1. The second-order valence-corrected chi connectivity index (χ2v) is 3.70. The molecule has 1 atom stereocenters. The predicted octanol–water partition coefficient (Wildman–Crippen LogP) is -0.696. The second kappa shape index (κ2) is 8.05. The van der Waals surface area contributed by atoms with Gasteiger partial charge in [0.25, 0.3) is 0 Å². The number of hydroxylamine groups is 1. The highest BCUT2D eigenvalue weighted by atomic mass is 16.6. The van der Waals surface area contributed by atoms with Gasteiger partial charge < -0.3 is 15.6 Å². The third kappa shape index (κ3) is 6.38. The molecular formula is C12H15N3O4. The molecule has 0 radical (unpaired) electrons. The lowest BCUT2D eigenvalue weighted by Gasteiger charge is -2.12. The van der Waals surface area contributed by atoms with Gasteiger partial charge in [0.2, 0.25) is 5.91 Å². The first-order valence-electron chi connectivity index (χ1n) is 5.56. The molecule has 0 heterocycles. The number of primary amides is 1. The van der Waals surface area contributed by atoms with Crippen LogP contribution in [0, 0.1) is 11.3 Å². The van der Waals surface area contributed by atoms with Crippen molar-refractivity contribution in [1.82, 2.24) is 5.48 Å². The van der Waals surface area contributed by atoms with E-state index >= 15 is 0 Å². The summed E-state index contributed by atoms with van der Waals surface area (Å²) in [5.41, 5.74) is 7.79. The van der Waals surface area contributed by atoms with E-state index in [0.717, 1.165) is 0 Å². The van der Waals surface area contributed by atoms with Crippen LogP contribution in [0.15, 0.2) is 24.3 Å². The summed E-state index contributed by atoms with van der Waals surface area (Å²) in [4.78, 5) is 15.0. The van der Waals surface area contributed by atoms with E-state index in [2.05, 4.69) is 10.3 Å². The highest BCUT2D eigenvalue weighted by Gasteiger charge is 2.05. The first-order valence-corrected chi connectivity index (χ1v) is 5.56. The van der Waals surface area contributed by atoms with Crippen LogP contribution < -0.4 is 16.0 Å². The molecule has 7 heteroatoms. The number of nitrogens with two attached hydrogens (primary N) is 1. The Bertz CT molecular complexity index is 441. The number of carbonyl (C=O) groups is 1. The highest BCUT2D eigenvalue weighted by molar-refractivity contribution is 5.74. The Morgan fingerprint density at radius 2 is 2.16 bits per heavy atom. The Morgan fingerprint density at radius 3 is 2.74 bits per heavy atom. The van der Waals surface area contributed by atoms with Gasteiger partial charge in [-0.1, -0.05) is 0 Å². The lowest BCUT2D eigenvalue weighted by atomic mass is 10.2. The maximum Gasteiger partial charge on any atom is 0.245 e. The molecule has 0 aliphatic carbocycles. The lowest BCUT2D eigenvalue weighted by molar-refractivity contribution is -0.125. The predicted molar refractivity (Wildman–Crippen MR) is 65.8 cm³/mol. The van der Waals surface area contributed by atoms with Gasteiger partial charge in [-0.05, 0) is 24.3 Å². The molecule has 1 aromatic rings. The zero-order chi connectivity index (χ0) is 14.1. The Kier molecular flexibility index (Phi) is 6.32. The summed E-state index contributed by atoms with van der Waals surface area (Å²) < 4.78 is 5.30. The minimum Gasteiger partial charge on any atom is -0.491 e. The van der Waals surface area contributed by atoms with Crippen molar-refractivity contribution in [2.45, 2.75) is 6.10 Å². The molecule has 0 spiro atoms. The van der Waals surface area contributed by atoms with Gasteiger partial charge in [-0.3, -0.25) is 9.63 Å². The van der Waals surface area contributed by atoms with E-state index in [1.807, 2.05) is 6.07 Å². The van der Waals surface area contributed by atoms with E-state index in [4.69, 9.17) is 15.7 Å². The summed E-state index contributed by atoms with van der Waals surface area (Å²) in [6, 6.07) is 8.52. The number of nitrogens with zero attached hydrogens (tertiary/aromatic N) is 1. The van der Waals surface area contributed by atoms with Crippen LogP contribution in [0.1, 0.15) is 5.56 Å². The highest BCUT2D eigenvalue weighted by Crippen LogP contribution is 2.11. The molecule has 0 aromatic heterocycles. The number of nitriles is 1. The van der Waals surface area contributed by atoms with E-state index in [0.29, 0.717) is 11.3 Å². The van der Waals surface area contributed by atoms with Crippen molar-refractivity contribution >= 4 is 5.91 Å². The zero-order valence-corrected chi connectivity index (χ0v) is 10.2. The molecule has 1 unspecified atom stereocenters. The molecule has 0 saturated carbocycles. The van der Waals surface area contributed by atoms with Gasteiger partial charge in [0.1, 0.15) is 25.1 Å². The number of nitrogens with one attached hydrogen (secondary N) is 1. The van der Waals surface area contributed by atoms with Gasteiger partial charge in [-0.15, -0.1) is 0 Å². The molecule has 1 aromatic carbocycles. The average Bonchev–Trinajstić information content (AvgIpc) is 2.41. The minimum absolute atomic E-state index is 0.0544. The maximum atomic E-state index is 10.4. The molecule has 1 rings (SSSR count). The minimum atomic E-state index is -0.802. The molecule has 0 bridgehead atoms. The fraction of sp³-hybridized carbons (Fsp3) is 0.333. The smallest absolute Gasteiger partial charge is 0.245 e. The molecule has 19 heavy (non-hydrogen) atoms. The standard InChI is InChI=1S/C12H15N3O4/c13-5-9-1-3-11(4-2-9)18-7-10(16)6-15-19-8-12(14)17/h1-4,10,15-16H,6-8H2,(H2,14,17). The Hall–Kier alpha value is -2.14. The normalized spacial score (nSPS) is 11.6. The van der Waals surface area contributed by atoms with Gasteiger partial charge in [0.15, 0.2) is 0 Å². The summed E-state index contributed by atoms with van der Waals surface area (Å²) in [7, 11) is 0. The summed E-state index contributed by atoms with van der Waals surface area (Å²) >= 11 is 0. The van der Waals surface area contributed by atoms with E-state index in [1.165, 1.54) is 0 Å². The quantitative estimate of drug-likeness (QED) is 0.423. The molecule has 0 saturated heterocycles. The molecule has 0 aliphatic rings. The van der Waals surface area contributed by atoms with E-state index < -0.39 is 12.0 Å². The molecular weight excluding hydrogens is 250 g/mol. The zero-order valence-electron chi connectivity index (χ0n) is 10.2. The molecule has 4 N–H and O–H groups in total. The number of aliphatic hydroxyl groups excluding tert-OH is 1. The number of ether oxygens (including phenoxy) is 1. The van der Waals surface area contributed by atoms with E-state index in [1.54, 1.807) is 24.3 Å². The van der Waals surface area contributed by atoms with E-state index in [9.17, 15) is 9.90 Å². The fourth-order valence-corrected chi connectivity index (χ4v) is 1.15. The van der Waals surface area contributed by atoms with Gasteiger partial charge in [0.05, 0.1) is 18.2 Å². The van der Waals surface area contributed by atoms with Crippen molar-refractivity contribution in [3.05, 3.63) is 29.8 Å². The number of hydrogen-bond acceptors (Lipinski definition) is 6. The monoisotopic (exact) mass is 265 g/mol. The summed E-state index contributed by atoms with van der Waals surface area (Å²) in [6.45, 7) is -0.106. The first-order chi connectivity index (χ1) is 9.11. The van der Waals surface area contributed by atoms with Gasteiger partial charge in [0, 0.05) is 0 Å². The van der Waals surface area contributed by atoms with Crippen molar-refractivity contribution < 1.29 is 19.5 Å². The van der Waals surface area contributed by atoms with Crippen LogP contribution in [-0.4, -0.2) is 36.9 Å². The largest absolute Gasteiger partial charge is 0.491 e. The molecule has 7 nitrogen and oxygen atoms in total. The van der Waals surface area contributed by atoms with Gasteiger partial charge in [-0.2, -0.15) is 10.7 Å². The van der Waals surface area contributed by atoms with Crippen LogP contribution >= 0.6 is 0 Å². The topological polar surface area (TPSA) is 118 Å². The lowest BCUT2D eigenvalue weighted by Crippen LogP contribution is -2.33. The SMILES string of the molecule is N#Cc1ccc(OCC(O)CNOCC(N)=O)cc1. The number of benzene rings is 1. The maximum absolute atomic E-state index is 10.4. The Balaban J connectivity index is 2.20. The van der Waals surface area contributed by atoms with Crippen LogP contribution in [0.5, 0.6) is 5.75 Å². The molecule has 0 fully saturated rings. The van der Waals surface area contributed by atoms with Crippen LogP contribution in [0.3, 0.4) is 0 Å². The molecule has 1 amide bonds. The third-order valence-electron chi connectivity index (χ3n) is 2.06. The number of amides is 1. The number of carbonyl (C=O) groups excluding carboxylic acids is 1. The van der Waals surface area contributed by atoms with Crippen LogP contribution in [0.25, 0.3) is 0 Å². The summed E-state index contributed by atoms with van der Waals surface area (Å²) in [5.74, 6) is -0.0491. The average molecular weight is 265 g/mol. The fourth-order valence-electron chi connectivity index (χ4n) is 1.15. The molecule has 102 valence electrons. The first kappa shape index (κ1) is 14.9. The Labute approximate surface area is 110 Å². The van der Waals surface area contributed by atoms with Crippen molar-refractivity contribution in [2.24, 2.45) is 5.73 Å². The van der Waals surface area contributed by atoms with Gasteiger partial charge in [-0.25, -0.2) is 0 Å². The van der Waals surface area contributed by atoms with Crippen LogP contribution in [-0.2, 0) is 9.63 Å². The van der Waals surface area contributed by atoms with Crippen LogP contribution in [0.4, 0.5) is 0 Å². The third-order valence-corrected chi connectivity index (χ3v) is 2.06. The number of hydrogen-bond donors (Lipinski definition) is 3. The van der Waals surface area contributed by atoms with Gasteiger partial charge >= 0.3 is 0 Å². The summed E-state index contributed by atoms with van der Waals surface area (Å²) in [5, 5.41) is 18.2. The second-order valence-electron chi connectivity index (χ2n) is 3.70. The molecule has 0 aliphatic heterocycles. The van der Waals surface area contributed by atoms with E-state index in [-0.39, 0.29) is 19.8 Å². The van der Waals surface area contributed by atoms with Crippen molar-refractivity contribution in [1.29, 1.82) is 5.26 Å². The van der Waals surface area contributed by atoms with Crippen LogP contribution in [0.2, 0.25) is 0 Å². The van der Waals surface area contributed by atoms with Crippen molar-refractivity contribution in [3.63, 3.8) is 0 Å². The number of rotatable bonds is 8. The summed E-state index contributed by atoms with van der Waals surface area (Å²) in [6.07, 6.45) is -0.802. The van der Waals surface area contributed by atoms with Crippen molar-refractivity contribution in [3.8, 4) is 11.8 Å². The Morgan fingerprint density at radius 1 is 1.47 bits per heavy atom. The van der Waals surface area contributed by atoms with Crippen molar-refractivity contribution in [2.75, 3.05) is 19.8 Å².